The molecule has 1 atom stereocenters. The first kappa shape index (κ1) is 9.73. The van der Waals surface area contributed by atoms with Gasteiger partial charge in [-0.2, -0.15) is 0 Å². The second-order valence-corrected chi connectivity index (χ2v) is 4.44. The van der Waals surface area contributed by atoms with Gasteiger partial charge in [-0.15, -0.1) is 0 Å². The molecule has 1 aliphatic heterocycles. The minimum atomic E-state index is 0.564. The largest absolute Gasteiger partial charge is 0.464 e. The van der Waals surface area contributed by atoms with Crippen molar-refractivity contribution in [2.45, 2.75) is 13.0 Å². The van der Waals surface area contributed by atoms with Crippen LogP contribution in [0.4, 0.5) is 5.69 Å². The maximum absolute atomic E-state index is 5.35. The number of nitrogens with one attached hydrogen (secondary N) is 1. The van der Waals surface area contributed by atoms with Gasteiger partial charge in [0.25, 0.3) is 0 Å². The van der Waals surface area contributed by atoms with Gasteiger partial charge in [-0.1, -0.05) is 0 Å². The van der Waals surface area contributed by atoms with Crippen molar-refractivity contribution in [3.8, 4) is 0 Å². The summed E-state index contributed by atoms with van der Waals surface area (Å²) in [6.07, 6.45) is 1.74. The first-order valence-corrected chi connectivity index (χ1v) is 5.78. The van der Waals surface area contributed by atoms with Gasteiger partial charge in [0.1, 0.15) is 5.58 Å². The molecule has 0 aliphatic carbocycles. The maximum Gasteiger partial charge on any atom is 0.133 e. The van der Waals surface area contributed by atoms with Crippen LogP contribution in [0.25, 0.3) is 11.0 Å². The fourth-order valence-corrected chi connectivity index (χ4v) is 2.32. The summed E-state index contributed by atoms with van der Waals surface area (Å²) in [5.74, 6) is 0. The number of benzene rings is 1. The standard InChI is InChI=1S/C13H16N2O/c1-10-9-15(6-5-14-10)12-2-3-13-11(8-12)4-7-16-13/h2-4,7-8,10,14H,5-6,9H2,1H3. The van der Waals surface area contributed by atoms with Gasteiger partial charge in [-0.3, -0.25) is 0 Å². The molecule has 84 valence electrons. The molecule has 0 saturated carbocycles. The van der Waals surface area contributed by atoms with E-state index in [1.807, 2.05) is 6.07 Å². The van der Waals surface area contributed by atoms with E-state index in [4.69, 9.17) is 4.42 Å². The fourth-order valence-electron chi connectivity index (χ4n) is 2.32. The van der Waals surface area contributed by atoms with Crippen molar-refractivity contribution in [3.05, 3.63) is 30.5 Å². The Morgan fingerprint density at radius 1 is 1.38 bits per heavy atom. The molecular formula is C13H16N2O. The molecule has 1 aromatic heterocycles. The van der Waals surface area contributed by atoms with Crippen molar-refractivity contribution < 1.29 is 4.42 Å². The van der Waals surface area contributed by atoms with Crippen LogP contribution in [0.2, 0.25) is 0 Å². The Kier molecular flexibility index (Phi) is 2.33. The average molecular weight is 216 g/mol. The quantitative estimate of drug-likeness (QED) is 0.792. The smallest absolute Gasteiger partial charge is 0.133 e. The predicted molar refractivity (Wildman–Crippen MR) is 65.9 cm³/mol. The van der Waals surface area contributed by atoms with Crippen LogP contribution in [0.15, 0.2) is 34.9 Å². The Labute approximate surface area is 95.0 Å². The van der Waals surface area contributed by atoms with E-state index < -0.39 is 0 Å². The lowest BCUT2D eigenvalue weighted by atomic mass is 10.1. The summed E-state index contributed by atoms with van der Waals surface area (Å²) < 4.78 is 5.35. The lowest BCUT2D eigenvalue weighted by Crippen LogP contribution is -2.49. The minimum absolute atomic E-state index is 0.564. The number of fused-ring (bicyclic) bond motifs is 1. The average Bonchev–Trinajstić information content (AvgIpc) is 2.75. The normalized spacial score (nSPS) is 21.6. The van der Waals surface area contributed by atoms with E-state index in [1.54, 1.807) is 6.26 Å². The van der Waals surface area contributed by atoms with Gasteiger partial charge in [0.2, 0.25) is 0 Å². The molecule has 0 amide bonds. The van der Waals surface area contributed by atoms with Gasteiger partial charge in [0.05, 0.1) is 6.26 Å². The third-order valence-electron chi connectivity index (χ3n) is 3.17. The minimum Gasteiger partial charge on any atom is -0.464 e. The highest BCUT2D eigenvalue weighted by Crippen LogP contribution is 2.23. The van der Waals surface area contributed by atoms with E-state index in [1.165, 1.54) is 11.1 Å². The predicted octanol–water partition coefficient (Wildman–Crippen LogP) is 2.23. The summed E-state index contributed by atoms with van der Waals surface area (Å²) in [7, 11) is 0. The van der Waals surface area contributed by atoms with Gasteiger partial charge in [-0.05, 0) is 31.2 Å². The fraction of sp³-hybridized carbons (Fsp3) is 0.385. The second-order valence-electron chi connectivity index (χ2n) is 4.44. The molecule has 3 nitrogen and oxygen atoms in total. The van der Waals surface area contributed by atoms with E-state index in [2.05, 4.69) is 35.3 Å². The summed E-state index contributed by atoms with van der Waals surface area (Å²) in [5, 5.41) is 4.64. The van der Waals surface area contributed by atoms with Gasteiger partial charge < -0.3 is 14.6 Å². The highest BCUT2D eigenvalue weighted by atomic mass is 16.3. The number of rotatable bonds is 1. The number of hydrogen-bond acceptors (Lipinski definition) is 3. The monoisotopic (exact) mass is 216 g/mol. The number of nitrogens with zero attached hydrogens (tertiary/aromatic N) is 1. The summed E-state index contributed by atoms with van der Waals surface area (Å²) in [4.78, 5) is 2.42. The van der Waals surface area contributed by atoms with Gasteiger partial charge in [0, 0.05) is 36.7 Å². The van der Waals surface area contributed by atoms with Crippen molar-refractivity contribution in [1.82, 2.24) is 5.32 Å². The summed E-state index contributed by atoms with van der Waals surface area (Å²) in [6.45, 7) is 5.43. The second kappa shape index (κ2) is 3.83. The SMILES string of the molecule is CC1CN(c2ccc3occc3c2)CCN1. The Balaban J connectivity index is 1.92. The molecule has 2 aromatic rings. The van der Waals surface area contributed by atoms with Gasteiger partial charge in [0.15, 0.2) is 0 Å². The Morgan fingerprint density at radius 2 is 2.31 bits per heavy atom. The number of piperazine rings is 1. The molecule has 1 saturated heterocycles. The lowest BCUT2D eigenvalue weighted by molar-refractivity contribution is 0.485. The van der Waals surface area contributed by atoms with Crippen LogP contribution in [0.1, 0.15) is 6.92 Å². The first-order valence-electron chi connectivity index (χ1n) is 5.78. The van der Waals surface area contributed by atoms with Crippen LogP contribution in [-0.4, -0.2) is 25.7 Å². The Hall–Kier alpha value is -1.48. The van der Waals surface area contributed by atoms with E-state index in [0.29, 0.717) is 6.04 Å². The van der Waals surface area contributed by atoms with Crippen LogP contribution < -0.4 is 10.2 Å². The van der Waals surface area contributed by atoms with Gasteiger partial charge >= 0.3 is 0 Å². The van der Waals surface area contributed by atoms with Crippen LogP contribution in [-0.2, 0) is 0 Å². The third-order valence-corrected chi connectivity index (χ3v) is 3.17. The zero-order valence-electron chi connectivity index (χ0n) is 9.44. The molecule has 3 rings (SSSR count). The molecule has 1 N–H and O–H groups in total. The van der Waals surface area contributed by atoms with Crippen LogP contribution in [0.3, 0.4) is 0 Å². The Morgan fingerprint density at radius 3 is 3.19 bits per heavy atom. The molecular weight excluding hydrogens is 200 g/mol. The zero-order valence-corrected chi connectivity index (χ0v) is 9.44. The van der Waals surface area contributed by atoms with E-state index >= 15 is 0 Å². The zero-order chi connectivity index (χ0) is 11.0. The maximum atomic E-state index is 5.35. The Bertz CT molecular complexity index is 491. The van der Waals surface area contributed by atoms with E-state index in [0.717, 1.165) is 25.2 Å². The summed E-state index contributed by atoms with van der Waals surface area (Å²) >= 11 is 0. The summed E-state index contributed by atoms with van der Waals surface area (Å²) in [5.41, 5.74) is 2.26. The lowest BCUT2D eigenvalue weighted by Gasteiger charge is -2.33. The van der Waals surface area contributed by atoms with Crippen LogP contribution in [0.5, 0.6) is 0 Å². The molecule has 1 aromatic carbocycles. The molecule has 1 unspecified atom stereocenters. The number of anilines is 1. The molecule has 3 heteroatoms. The van der Waals surface area contributed by atoms with Crippen molar-refractivity contribution in [2.24, 2.45) is 0 Å². The van der Waals surface area contributed by atoms with Crippen molar-refractivity contribution in [3.63, 3.8) is 0 Å². The molecule has 0 spiro atoms. The molecule has 2 heterocycles. The van der Waals surface area contributed by atoms with Crippen LogP contribution in [0, 0.1) is 0 Å². The highest BCUT2D eigenvalue weighted by Gasteiger charge is 2.16. The topological polar surface area (TPSA) is 28.4 Å². The summed E-state index contributed by atoms with van der Waals surface area (Å²) in [6, 6.07) is 8.98. The molecule has 1 fully saturated rings. The molecule has 0 radical (unpaired) electrons. The van der Waals surface area contributed by atoms with Crippen molar-refractivity contribution >= 4 is 16.7 Å². The van der Waals surface area contributed by atoms with Gasteiger partial charge in [-0.25, -0.2) is 0 Å². The molecule has 16 heavy (non-hydrogen) atoms. The first-order chi connectivity index (χ1) is 7.83. The van der Waals surface area contributed by atoms with Crippen LogP contribution >= 0.6 is 0 Å². The van der Waals surface area contributed by atoms with Crippen molar-refractivity contribution in [1.29, 1.82) is 0 Å². The number of furan rings is 1. The molecule has 1 aliphatic rings. The highest BCUT2D eigenvalue weighted by molar-refractivity contribution is 5.81. The molecule has 0 bridgehead atoms. The van der Waals surface area contributed by atoms with Crippen molar-refractivity contribution in [2.75, 3.05) is 24.5 Å². The van der Waals surface area contributed by atoms with E-state index in [9.17, 15) is 0 Å². The third kappa shape index (κ3) is 1.67. The van der Waals surface area contributed by atoms with E-state index in [-0.39, 0.29) is 0 Å². The number of hydrogen-bond donors (Lipinski definition) is 1.